The summed E-state index contributed by atoms with van der Waals surface area (Å²) in [5.41, 5.74) is 1.99. The summed E-state index contributed by atoms with van der Waals surface area (Å²) >= 11 is 4.48. The van der Waals surface area contributed by atoms with Gasteiger partial charge < -0.3 is 15.0 Å². The Labute approximate surface area is 166 Å². The first-order valence-electron chi connectivity index (χ1n) is 8.84. The number of anilines is 1. The highest BCUT2D eigenvalue weighted by Crippen LogP contribution is 2.24. The Morgan fingerprint density at radius 2 is 1.81 bits per heavy atom. The van der Waals surface area contributed by atoms with Crippen molar-refractivity contribution < 1.29 is 14.3 Å². The Hall–Kier alpha value is -2.31. The summed E-state index contributed by atoms with van der Waals surface area (Å²) in [6.45, 7) is 2.93. The number of amides is 1. The summed E-state index contributed by atoms with van der Waals surface area (Å²) < 4.78 is 5.23. The number of hydrogen-bond acceptors (Lipinski definition) is 5. The minimum atomic E-state index is -0.511. The highest BCUT2D eigenvalue weighted by atomic mass is 32.1. The molecule has 1 N–H and O–H groups in total. The lowest BCUT2D eigenvalue weighted by Gasteiger charge is -2.19. The second-order valence-corrected chi connectivity index (χ2v) is 7.21. The molecule has 0 heterocycles. The molecule has 2 atom stereocenters. The van der Waals surface area contributed by atoms with Crippen molar-refractivity contribution >= 4 is 30.2 Å². The highest BCUT2D eigenvalue weighted by Gasteiger charge is 2.23. The van der Waals surface area contributed by atoms with Crippen molar-refractivity contribution in [2.24, 2.45) is 0 Å². The number of esters is 1. The molecule has 5 nitrogen and oxygen atoms in total. The van der Waals surface area contributed by atoms with Crippen molar-refractivity contribution in [2.75, 3.05) is 32.6 Å². The third kappa shape index (κ3) is 6.41. The van der Waals surface area contributed by atoms with Gasteiger partial charge in [0, 0.05) is 18.2 Å². The zero-order valence-corrected chi connectivity index (χ0v) is 16.8. The van der Waals surface area contributed by atoms with Gasteiger partial charge in [-0.2, -0.15) is 12.6 Å². The summed E-state index contributed by atoms with van der Waals surface area (Å²) in [7, 11) is 3.82. The van der Waals surface area contributed by atoms with E-state index in [2.05, 4.69) is 17.9 Å². The SMILES string of the molecule is CC(c1ccccc1)C(S)C(=O)Nc1cccc(C(=O)OCCN(C)C)c1. The molecule has 0 aliphatic carbocycles. The normalized spacial score (nSPS) is 13.1. The van der Waals surface area contributed by atoms with E-state index in [0.29, 0.717) is 24.4 Å². The van der Waals surface area contributed by atoms with Crippen molar-refractivity contribution in [1.29, 1.82) is 0 Å². The fourth-order valence-electron chi connectivity index (χ4n) is 2.51. The molecule has 2 unspecified atom stereocenters. The minimum absolute atomic E-state index is 0.0475. The Bertz CT molecular complexity index is 765. The van der Waals surface area contributed by atoms with Crippen LogP contribution in [0.5, 0.6) is 0 Å². The topological polar surface area (TPSA) is 58.6 Å². The number of hydrogen-bond donors (Lipinski definition) is 2. The summed E-state index contributed by atoms with van der Waals surface area (Å²) in [5, 5.41) is 2.32. The predicted octanol–water partition coefficient (Wildman–Crippen LogP) is 3.45. The van der Waals surface area contributed by atoms with Gasteiger partial charge in [0.15, 0.2) is 0 Å². The number of nitrogens with one attached hydrogen (secondary N) is 1. The van der Waals surface area contributed by atoms with Crippen LogP contribution in [-0.4, -0.2) is 49.3 Å². The molecule has 0 fully saturated rings. The molecule has 0 spiro atoms. The van der Waals surface area contributed by atoms with E-state index in [1.165, 1.54) is 0 Å². The first kappa shape index (κ1) is 21.0. The molecule has 0 aromatic heterocycles. The molecular formula is C21H26N2O3S. The second-order valence-electron chi connectivity index (χ2n) is 6.65. The van der Waals surface area contributed by atoms with E-state index in [4.69, 9.17) is 4.74 Å². The van der Waals surface area contributed by atoms with Gasteiger partial charge in [0.05, 0.1) is 10.8 Å². The average molecular weight is 387 g/mol. The van der Waals surface area contributed by atoms with E-state index < -0.39 is 11.2 Å². The maximum atomic E-state index is 12.5. The number of thiol groups is 1. The van der Waals surface area contributed by atoms with Gasteiger partial charge in [-0.1, -0.05) is 43.3 Å². The van der Waals surface area contributed by atoms with E-state index in [1.807, 2.05) is 56.3 Å². The van der Waals surface area contributed by atoms with Crippen LogP contribution in [0.4, 0.5) is 5.69 Å². The molecule has 2 rings (SSSR count). The predicted molar refractivity (Wildman–Crippen MR) is 112 cm³/mol. The summed E-state index contributed by atoms with van der Waals surface area (Å²) in [4.78, 5) is 26.6. The van der Waals surface area contributed by atoms with E-state index in [-0.39, 0.29) is 11.8 Å². The third-order valence-electron chi connectivity index (χ3n) is 4.21. The number of ether oxygens (including phenoxy) is 1. The number of carbonyl (C=O) groups is 2. The van der Waals surface area contributed by atoms with Gasteiger partial charge in [-0.3, -0.25) is 4.79 Å². The van der Waals surface area contributed by atoms with Crippen LogP contribution in [0.1, 0.15) is 28.8 Å². The summed E-state index contributed by atoms with van der Waals surface area (Å²) in [6.07, 6.45) is 0. The Balaban J connectivity index is 1.98. The maximum absolute atomic E-state index is 12.5. The number of nitrogens with zero attached hydrogens (tertiary/aromatic N) is 1. The number of carbonyl (C=O) groups excluding carboxylic acids is 2. The number of likely N-dealkylation sites (N-methyl/N-ethyl adjacent to an activating group) is 1. The Morgan fingerprint density at radius 3 is 2.48 bits per heavy atom. The van der Waals surface area contributed by atoms with Crippen LogP contribution in [0.15, 0.2) is 54.6 Å². The quantitative estimate of drug-likeness (QED) is 0.539. The van der Waals surface area contributed by atoms with Crippen LogP contribution in [0.3, 0.4) is 0 Å². The molecule has 2 aromatic rings. The highest BCUT2D eigenvalue weighted by molar-refractivity contribution is 7.81. The number of benzene rings is 2. The first-order valence-corrected chi connectivity index (χ1v) is 9.36. The molecule has 0 aliphatic rings. The van der Waals surface area contributed by atoms with Crippen LogP contribution in [0, 0.1) is 0 Å². The van der Waals surface area contributed by atoms with Crippen LogP contribution in [0.2, 0.25) is 0 Å². The van der Waals surface area contributed by atoms with Crippen molar-refractivity contribution in [3.8, 4) is 0 Å². The first-order chi connectivity index (χ1) is 12.9. The van der Waals surface area contributed by atoms with Gasteiger partial charge in [0.25, 0.3) is 0 Å². The van der Waals surface area contributed by atoms with Crippen LogP contribution in [0.25, 0.3) is 0 Å². The van der Waals surface area contributed by atoms with Crippen molar-refractivity contribution in [3.05, 3.63) is 65.7 Å². The van der Waals surface area contributed by atoms with Crippen LogP contribution < -0.4 is 5.32 Å². The van der Waals surface area contributed by atoms with Gasteiger partial charge in [-0.25, -0.2) is 4.79 Å². The fraction of sp³-hybridized carbons (Fsp3) is 0.333. The molecule has 0 saturated carbocycles. The largest absolute Gasteiger partial charge is 0.461 e. The van der Waals surface area contributed by atoms with Gasteiger partial charge in [0.1, 0.15) is 6.61 Å². The van der Waals surface area contributed by atoms with Crippen LogP contribution in [-0.2, 0) is 9.53 Å². The Kier molecular flexibility index (Phi) is 7.88. The molecule has 0 bridgehead atoms. The standard InChI is InChI=1S/C21H26N2O3S/c1-15(16-8-5-4-6-9-16)19(27)20(24)22-18-11-7-10-17(14-18)21(25)26-13-12-23(2)3/h4-11,14-15,19,27H,12-13H2,1-3H3,(H,22,24). The van der Waals surface area contributed by atoms with Gasteiger partial charge in [0.2, 0.25) is 5.91 Å². The van der Waals surface area contributed by atoms with E-state index in [1.54, 1.807) is 24.3 Å². The molecule has 0 radical (unpaired) electrons. The lowest BCUT2D eigenvalue weighted by Crippen LogP contribution is -2.28. The van der Waals surface area contributed by atoms with Gasteiger partial charge >= 0.3 is 5.97 Å². The fourth-order valence-corrected chi connectivity index (χ4v) is 2.75. The Morgan fingerprint density at radius 1 is 1.11 bits per heavy atom. The monoisotopic (exact) mass is 386 g/mol. The molecule has 27 heavy (non-hydrogen) atoms. The molecule has 6 heteroatoms. The van der Waals surface area contributed by atoms with Crippen molar-refractivity contribution in [1.82, 2.24) is 4.90 Å². The maximum Gasteiger partial charge on any atom is 0.338 e. The smallest absolute Gasteiger partial charge is 0.338 e. The van der Waals surface area contributed by atoms with Crippen LogP contribution >= 0.6 is 12.6 Å². The molecule has 1 amide bonds. The van der Waals surface area contributed by atoms with Gasteiger partial charge in [-0.05, 0) is 37.9 Å². The zero-order valence-electron chi connectivity index (χ0n) is 15.9. The summed E-state index contributed by atoms with van der Waals surface area (Å²) in [5.74, 6) is -0.672. The zero-order chi connectivity index (χ0) is 19.8. The lowest BCUT2D eigenvalue weighted by molar-refractivity contribution is -0.116. The third-order valence-corrected chi connectivity index (χ3v) is 4.89. The minimum Gasteiger partial charge on any atom is -0.461 e. The molecule has 0 saturated heterocycles. The second kappa shape index (κ2) is 10.1. The van der Waals surface area contributed by atoms with Crippen molar-refractivity contribution in [3.63, 3.8) is 0 Å². The molecule has 2 aromatic carbocycles. The molecular weight excluding hydrogens is 360 g/mol. The van der Waals surface area contributed by atoms with Gasteiger partial charge in [-0.15, -0.1) is 0 Å². The molecule has 144 valence electrons. The van der Waals surface area contributed by atoms with E-state index >= 15 is 0 Å². The van der Waals surface area contributed by atoms with Crippen molar-refractivity contribution in [2.45, 2.75) is 18.1 Å². The molecule has 0 aliphatic heterocycles. The number of rotatable bonds is 8. The van der Waals surface area contributed by atoms with E-state index in [9.17, 15) is 9.59 Å². The summed E-state index contributed by atoms with van der Waals surface area (Å²) in [6, 6.07) is 16.5. The van der Waals surface area contributed by atoms with E-state index in [0.717, 1.165) is 5.56 Å². The average Bonchev–Trinajstić information content (AvgIpc) is 2.67. The lowest BCUT2D eigenvalue weighted by atomic mass is 9.97.